The first kappa shape index (κ1) is 17.1. The van der Waals surface area contributed by atoms with E-state index in [9.17, 15) is 0 Å². The summed E-state index contributed by atoms with van der Waals surface area (Å²) in [6.07, 6.45) is 3.61. The van der Waals surface area contributed by atoms with Gasteiger partial charge in [0.05, 0.1) is 6.20 Å². The van der Waals surface area contributed by atoms with Crippen molar-refractivity contribution < 1.29 is 0 Å². The molecule has 1 aromatic heterocycles. The molecule has 0 spiro atoms. The van der Waals surface area contributed by atoms with Crippen LogP contribution in [0.5, 0.6) is 0 Å². The Labute approximate surface area is 138 Å². The Morgan fingerprint density at radius 2 is 1.78 bits per heavy atom. The Hall–Kier alpha value is -2.21. The van der Waals surface area contributed by atoms with E-state index in [1.807, 2.05) is 14.1 Å². The summed E-state index contributed by atoms with van der Waals surface area (Å²) < 4.78 is 0. The lowest BCUT2D eigenvalue weighted by Crippen LogP contribution is -2.21. The third-order valence-corrected chi connectivity index (χ3v) is 3.65. The number of nitrogens with zero attached hydrogens (tertiary/aromatic N) is 4. The molecule has 0 aliphatic heterocycles. The van der Waals surface area contributed by atoms with Crippen LogP contribution in [-0.2, 0) is 12.8 Å². The Bertz CT molecular complexity index is 604. The standard InChI is InChI=1S/C17H26N6/c1-5-13-8-7-9-14(6-2)16(13)20-15-12-19-22-17(21-15)18-10-11-23(3)4/h7-9,12H,5-6,10-11H2,1-4H3,(H2,18,20,21,22). The summed E-state index contributed by atoms with van der Waals surface area (Å²) in [5, 5.41) is 14.7. The highest BCUT2D eigenvalue weighted by atomic mass is 15.3. The Morgan fingerprint density at radius 1 is 1.09 bits per heavy atom. The minimum atomic E-state index is 0.545. The highest BCUT2D eigenvalue weighted by Crippen LogP contribution is 2.25. The fourth-order valence-electron chi connectivity index (χ4n) is 2.36. The number of hydrogen-bond donors (Lipinski definition) is 2. The lowest BCUT2D eigenvalue weighted by atomic mass is 10.0. The predicted octanol–water partition coefficient (Wildman–Crippen LogP) is 2.71. The quantitative estimate of drug-likeness (QED) is 0.781. The van der Waals surface area contributed by atoms with Crippen molar-refractivity contribution >= 4 is 17.5 Å². The number of anilines is 3. The minimum absolute atomic E-state index is 0.545. The van der Waals surface area contributed by atoms with E-state index in [0.717, 1.165) is 31.6 Å². The third-order valence-electron chi connectivity index (χ3n) is 3.65. The molecule has 124 valence electrons. The largest absolute Gasteiger partial charge is 0.352 e. The highest BCUT2D eigenvalue weighted by molar-refractivity contribution is 5.65. The molecule has 6 heteroatoms. The first-order valence-electron chi connectivity index (χ1n) is 8.10. The number of benzene rings is 1. The number of para-hydroxylation sites is 1. The molecular formula is C17H26N6. The molecule has 0 saturated heterocycles. The molecule has 2 rings (SSSR count). The number of hydrogen-bond acceptors (Lipinski definition) is 6. The molecule has 1 heterocycles. The maximum absolute atomic E-state index is 4.50. The molecule has 2 aromatic rings. The van der Waals surface area contributed by atoms with Gasteiger partial charge in [0.1, 0.15) is 0 Å². The Kier molecular flexibility index (Phi) is 6.29. The van der Waals surface area contributed by atoms with E-state index in [1.165, 1.54) is 11.1 Å². The molecule has 23 heavy (non-hydrogen) atoms. The third kappa shape index (κ3) is 4.89. The molecule has 0 amide bonds. The number of rotatable bonds is 8. The first-order chi connectivity index (χ1) is 11.1. The molecule has 0 saturated carbocycles. The second-order valence-corrected chi connectivity index (χ2v) is 5.68. The summed E-state index contributed by atoms with van der Waals surface area (Å²) in [7, 11) is 4.07. The molecule has 0 atom stereocenters. The molecule has 0 aliphatic carbocycles. The maximum Gasteiger partial charge on any atom is 0.244 e. The van der Waals surface area contributed by atoms with Crippen LogP contribution in [0.25, 0.3) is 0 Å². The van der Waals surface area contributed by atoms with Gasteiger partial charge in [-0.3, -0.25) is 0 Å². The van der Waals surface area contributed by atoms with Crippen LogP contribution in [0.1, 0.15) is 25.0 Å². The molecule has 6 nitrogen and oxygen atoms in total. The summed E-state index contributed by atoms with van der Waals surface area (Å²) >= 11 is 0. The van der Waals surface area contributed by atoms with E-state index in [-0.39, 0.29) is 0 Å². The fraction of sp³-hybridized carbons (Fsp3) is 0.471. The molecule has 0 aliphatic rings. The van der Waals surface area contributed by atoms with Crippen LogP contribution in [0, 0.1) is 0 Å². The van der Waals surface area contributed by atoms with Crippen molar-refractivity contribution in [2.24, 2.45) is 0 Å². The SMILES string of the molecule is CCc1cccc(CC)c1Nc1cnnc(NCCN(C)C)n1. The second-order valence-electron chi connectivity index (χ2n) is 5.68. The predicted molar refractivity (Wildman–Crippen MR) is 95.4 cm³/mol. The average molecular weight is 314 g/mol. The zero-order valence-corrected chi connectivity index (χ0v) is 14.4. The highest BCUT2D eigenvalue weighted by Gasteiger charge is 2.08. The van der Waals surface area contributed by atoms with Crippen molar-refractivity contribution in [2.45, 2.75) is 26.7 Å². The van der Waals surface area contributed by atoms with Gasteiger partial charge in [0.2, 0.25) is 5.95 Å². The van der Waals surface area contributed by atoms with E-state index < -0.39 is 0 Å². The summed E-state index contributed by atoms with van der Waals surface area (Å²) in [6, 6.07) is 6.40. The molecule has 0 radical (unpaired) electrons. The van der Waals surface area contributed by atoms with Gasteiger partial charge >= 0.3 is 0 Å². The number of aromatic nitrogens is 3. The monoisotopic (exact) mass is 314 g/mol. The average Bonchev–Trinajstić information content (AvgIpc) is 2.55. The lowest BCUT2D eigenvalue weighted by molar-refractivity contribution is 0.425. The van der Waals surface area contributed by atoms with Gasteiger partial charge in [0.15, 0.2) is 5.82 Å². The number of aryl methyl sites for hydroxylation is 2. The van der Waals surface area contributed by atoms with Gasteiger partial charge in [-0.2, -0.15) is 10.1 Å². The van der Waals surface area contributed by atoms with Gasteiger partial charge in [-0.05, 0) is 38.1 Å². The summed E-state index contributed by atoms with van der Waals surface area (Å²) in [6.45, 7) is 6.02. The topological polar surface area (TPSA) is 66.0 Å². The van der Waals surface area contributed by atoms with Gasteiger partial charge in [-0.1, -0.05) is 32.0 Å². The van der Waals surface area contributed by atoms with E-state index >= 15 is 0 Å². The van der Waals surface area contributed by atoms with Crippen molar-refractivity contribution in [1.82, 2.24) is 20.1 Å². The Balaban J connectivity index is 2.14. The van der Waals surface area contributed by atoms with Crippen molar-refractivity contribution in [2.75, 3.05) is 37.8 Å². The first-order valence-corrected chi connectivity index (χ1v) is 8.10. The summed E-state index contributed by atoms with van der Waals surface area (Å²) in [5.41, 5.74) is 3.70. The molecular weight excluding hydrogens is 288 g/mol. The minimum Gasteiger partial charge on any atom is -0.352 e. The van der Waals surface area contributed by atoms with Crippen molar-refractivity contribution in [3.63, 3.8) is 0 Å². The van der Waals surface area contributed by atoms with Gasteiger partial charge in [0.25, 0.3) is 0 Å². The van der Waals surface area contributed by atoms with Crippen LogP contribution >= 0.6 is 0 Å². The smallest absolute Gasteiger partial charge is 0.244 e. The van der Waals surface area contributed by atoms with Gasteiger partial charge in [-0.15, -0.1) is 5.10 Å². The van der Waals surface area contributed by atoms with E-state index in [4.69, 9.17) is 0 Å². The molecule has 2 N–H and O–H groups in total. The van der Waals surface area contributed by atoms with Gasteiger partial charge < -0.3 is 15.5 Å². The Morgan fingerprint density at radius 3 is 2.39 bits per heavy atom. The van der Waals surface area contributed by atoms with E-state index in [1.54, 1.807) is 6.20 Å². The van der Waals surface area contributed by atoms with Gasteiger partial charge in [-0.25, -0.2) is 0 Å². The lowest BCUT2D eigenvalue weighted by Gasteiger charge is -2.15. The summed E-state index contributed by atoms with van der Waals surface area (Å²) in [5.74, 6) is 1.26. The van der Waals surface area contributed by atoms with E-state index in [0.29, 0.717) is 11.8 Å². The number of likely N-dealkylation sites (N-methyl/N-ethyl adjacent to an activating group) is 1. The van der Waals surface area contributed by atoms with E-state index in [2.05, 4.69) is 62.8 Å². The van der Waals surface area contributed by atoms with Crippen LogP contribution in [0.2, 0.25) is 0 Å². The zero-order valence-electron chi connectivity index (χ0n) is 14.4. The van der Waals surface area contributed by atoms with Crippen LogP contribution in [0.3, 0.4) is 0 Å². The van der Waals surface area contributed by atoms with Crippen molar-refractivity contribution in [1.29, 1.82) is 0 Å². The maximum atomic E-state index is 4.50. The second kappa shape index (κ2) is 8.43. The fourth-order valence-corrected chi connectivity index (χ4v) is 2.36. The van der Waals surface area contributed by atoms with Crippen molar-refractivity contribution in [3.8, 4) is 0 Å². The molecule has 0 unspecified atom stereocenters. The summed E-state index contributed by atoms with van der Waals surface area (Å²) in [4.78, 5) is 6.61. The van der Waals surface area contributed by atoms with Crippen molar-refractivity contribution in [3.05, 3.63) is 35.5 Å². The molecule has 1 aromatic carbocycles. The zero-order chi connectivity index (χ0) is 16.7. The molecule has 0 bridgehead atoms. The van der Waals surface area contributed by atoms with Crippen LogP contribution in [0.4, 0.5) is 17.5 Å². The van der Waals surface area contributed by atoms with Gasteiger partial charge in [0, 0.05) is 18.8 Å². The van der Waals surface area contributed by atoms with Crippen LogP contribution in [0.15, 0.2) is 24.4 Å². The number of nitrogens with one attached hydrogen (secondary N) is 2. The van der Waals surface area contributed by atoms with Crippen LogP contribution in [-0.4, -0.2) is 47.3 Å². The normalized spacial score (nSPS) is 10.8. The van der Waals surface area contributed by atoms with Crippen LogP contribution < -0.4 is 10.6 Å². The molecule has 0 fully saturated rings.